The first-order valence-corrected chi connectivity index (χ1v) is 6.38. The van der Waals surface area contributed by atoms with Gasteiger partial charge in [-0.15, -0.1) is 11.6 Å². The zero-order valence-corrected chi connectivity index (χ0v) is 11.3. The molecule has 1 aromatic carbocycles. The second kappa shape index (κ2) is 6.90. The Kier molecular flexibility index (Phi) is 5.82. The molecule has 1 aromatic rings. The molecular weight excluding hydrogens is 283 g/mol. The summed E-state index contributed by atoms with van der Waals surface area (Å²) in [7, 11) is 0. The van der Waals surface area contributed by atoms with Crippen LogP contribution in [0.5, 0.6) is 0 Å². The van der Waals surface area contributed by atoms with Crippen LogP contribution in [0.4, 0.5) is 8.78 Å². The molecule has 0 aliphatic carbocycles. The Hall–Kier alpha value is -0.870. The van der Waals surface area contributed by atoms with Gasteiger partial charge in [0.15, 0.2) is 0 Å². The standard InChI is InChI=1S/C12H13Cl2F2NO/c1-7(3-2-4-13)17-12(18)8-5-11(16)9(14)6-10(8)15/h5-7H,2-4H2,1H3,(H,17,18). The highest BCUT2D eigenvalue weighted by molar-refractivity contribution is 6.30. The topological polar surface area (TPSA) is 29.1 Å². The summed E-state index contributed by atoms with van der Waals surface area (Å²) in [4.78, 5) is 11.7. The number of nitrogens with one attached hydrogen (secondary N) is 1. The normalized spacial score (nSPS) is 12.3. The second-order valence-corrected chi connectivity index (χ2v) is 4.74. The van der Waals surface area contributed by atoms with Crippen molar-refractivity contribution >= 4 is 29.1 Å². The number of benzene rings is 1. The van der Waals surface area contributed by atoms with Gasteiger partial charge in [-0.3, -0.25) is 4.79 Å². The molecule has 0 saturated carbocycles. The first kappa shape index (κ1) is 15.2. The van der Waals surface area contributed by atoms with Crippen LogP contribution < -0.4 is 5.32 Å². The minimum atomic E-state index is -0.844. The molecule has 2 nitrogen and oxygen atoms in total. The van der Waals surface area contributed by atoms with E-state index in [-0.39, 0.29) is 16.6 Å². The van der Waals surface area contributed by atoms with Crippen molar-refractivity contribution in [3.05, 3.63) is 34.4 Å². The fourth-order valence-electron chi connectivity index (χ4n) is 1.45. The molecule has 0 saturated heterocycles. The molecule has 18 heavy (non-hydrogen) atoms. The lowest BCUT2D eigenvalue weighted by Gasteiger charge is -2.13. The van der Waals surface area contributed by atoms with Gasteiger partial charge >= 0.3 is 0 Å². The number of carbonyl (C=O) groups excluding carboxylic acids is 1. The van der Waals surface area contributed by atoms with Crippen molar-refractivity contribution in [2.45, 2.75) is 25.8 Å². The van der Waals surface area contributed by atoms with E-state index < -0.39 is 17.5 Å². The fraction of sp³-hybridized carbons (Fsp3) is 0.417. The monoisotopic (exact) mass is 295 g/mol. The van der Waals surface area contributed by atoms with E-state index in [1.54, 1.807) is 6.92 Å². The van der Waals surface area contributed by atoms with Gasteiger partial charge in [0.1, 0.15) is 11.6 Å². The predicted octanol–water partition coefficient (Wildman–Crippen LogP) is 3.76. The zero-order chi connectivity index (χ0) is 13.7. The molecule has 6 heteroatoms. The van der Waals surface area contributed by atoms with Crippen molar-refractivity contribution in [3.63, 3.8) is 0 Å². The Balaban J connectivity index is 2.75. The lowest BCUT2D eigenvalue weighted by molar-refractivity contribution is 0.0934. The smallest absolute Gasteiger partial charge is 0.254 e. The average Bonchev–Trinajstić information content (AvgIpc) is 2.31. The van der Waals surface area contributed by atoms with Crippen LogP contribution in [0.25, 0.3) is 0 Å². The number of carbonyl (C=O) groups is 1. The highest BCUT2D eigenvalue weighted by Gasteiger charge is 2.16. The molecule has 1 rings (SSSR count). The molecule has 1 amide bonds. The highest BCUT2D eigenvalue weighted by Crippen LogP contribution is 2.19. The second-order valence-electron chi connectivity index (χ2n) is 3.95. The van der Waals surface area contributed by atoms with Crippen LogP contribution in [-0.4, -0.2) is 17.8 Å². The Morgan fingerprint density at radius 1 is 1.39 bits per heavy atom. The van der Waals surface area contributed by atoms with E-state index in [1.165, 1.54) is 0 Å². The van der Waals surface area contributed by atoms with Crippen LogP contribution in [-0.2, 0) is 0 Å². The lowest BCUT2D eigenvalue weighted by atomic mass is 10.1. The van der Waals surface area contributed by atoms with E-state index >= 15 is 0 Å². The number of hydrogen-bond donors (Lipinski definition) is 1. The average molecular weight is 296 g/mol. The summed E-state index contributed by atoms with van der Waals surface area (Å²) >= 11 is 10.9. The summed E-state index contributed by atoms with van der Waals surface area (Å²) in [6.07, 6.45) is 1.41. The molecule has 1 unspecified atom stereocenters. The number of halogens is 4. The Morgan fingerprint density at radius 3 is 2.67 bits per heavy atom. The van der Waals surface area contributed by atoms with Crippen LogP contribution in [0, 0.1) is 11.6 Å². The number of hydrogen-bond acceptors (Lipinski definition) is 1. The molecule has 0 aromatic heterocycles. The summed E-state index contributed by atoms with van der Waals surface area (Å²) in [5, 5.41) is 2.22. The summed E-state index contributed by atoms with van der Waals surface area (Å²) in [5.41, 5.74) is -0.352. The van der Waals surface area contributed by atoms with Gasteiger partial charge in [-0.05, 0) is 31.9 Å². The van der Waals surface area contributed by atoms with E-state index in [2.05, 4.69) is 5.32 Å². The SMILES string of the molecule is CC(CCCCl)NC(=O)c1cc(F)c(Cl)cc1F. The van der Waals surface area contributed by atoms with Crippen LogP contribution in [0.3, 0.4) is 0 Å². The van der Waals surface area contributed by atoms with Crippen molar-refractivity contribution in [1.82, 2.24) is 5.32 Å². The molecule has 0 heterocycles. The minimum Gasteiger partial charge on any atom is -0.349 e. The molecule has 1 N–H and O–H groups in total. The Morgan fingerprint density at radius 2 is 2.06 bits per heavy atom. The van der Waals surface area contributed by atoms with Crippen molar-refractivity contribution in [2.75, 3.05) is 5.88 Å². The van der Waals surface area contributed by atoms with Gasteiger partial charge in [-0.25, -0.2) is 8.78 Å². The van der Waals surface area contributed by atoms with Gasteiger partial charge < -0.3 is 5.32 Å². The van der Waals surface area contributed by atoms with Gasteiger partial charge in [-0.2, -0.15) is 0 Å². The molecule has 0 aliphatic rings. The van der Waals surface area contributed by atoms with Gasteiger partial charge in [0.2, 0.25) is 0 Å². The third-order valence-electron chi connectivity index (χ3n) is 2.40. The van der Waals surface area contributed by atoms with Gasteiger partial charge in [0, 0.05) is 11.9 Å². The zero-order valence-electron chi connectivity index (χ0n) is 9.77. The van der Waals surface area contributed by atoms with E-state index in [0.29, 0.717) is 12.3 Å². The maximum Gasteiger partial charge on any atom is 0.254 e. The van der Waals surface area contributed by atoms with E-state index in [9.17, 15) is 13.6 Å². The molecule has 0 spiro atoms. The highest BCUT2D eigenvalue weighted by atomic mass is 35.5. The quantitative estimate of drug-likeness (QED) is 0.650. The first-order chi connectivity index (χ1) is 8.45. The summed E-state index contributed by atoms with van der Waals surface area (Å²) in [6, 6.07) is 1.42. The third-order valence-corrected chi connectivity index (χ3v) is 2.96. The molecule has 100 valence electrons. The molecule has 1 atom stereocenters. The van der Waals surface area contributed by atoms with Gasteiger partial charge in [0.25, 0.3) is 5.91 Å². The maximum atomic E-state index is 13.5. The Labute approximate surface area is 114 Å². The van der Waals surface area contributed by atoms with Gasteiger partial charge in [-0.1, -0.05) is 11.6 Å². The largest absolute Gasteiger partial charge is 0.349 e. The van der Waals surface area contributed by atoms with Gasteiger partial charge in [0.05, 0.1) is 10.6 Å². The third kappa shape index (κ3) is 4.10. The van der Waals surface area contributed by atoms with Crippen molar-refractivity contribution in [1.29, 1.82) is 0 Å². The molecule has 0 aliphatic heterocycles. The number of rotatable bonds is 5. The van der Waals surface area contributed by atoms with Crippen LogP contribution >= 0.6 is 23.2 Å². The molecular formula is C12H13Cl2F2NO. The first-order valence-electron chi connectivity index (χ1n) is 5.47. The summed E-state index contributed by atoms with van der Waals surface area (Å²) < 4.78 is 26.6. The van der Waals surface area contributed by atoms with Crippen molar-refractivity contribution in [2.24, 2.45) is 0 Å². The maximum absolute atomic E-state index is 13.5. The van der Waals surface area contributed by atoms with Crippen LogP contribution in [0.15, 0.2) is 12.1 Å². The van der Waals surface area contributed by atoms with Crippen LogP contribution in [0.2, 0.25) is 5.02 Å². The van der Waals surface area contributed by atoms with E-state index in [0.717, 1.165) is 18.6 Å². The van der Waals surface area contributed by atoms with E-state index in [1.807, 2.05) is 0 Å². The summed E-state index contributed by atoms with van der Waals surface area (Å²) in [6.45, 7) is 1.77. The Bertz CT molecular complexity index is 440. The molecule has 0 fully saturated rings. The number of alkyl halides is 1. The summed E-state index contributed by atoms with van der Waals surface area (Å²) in [5.74, 6) is -1.84. The minimum absolute atomic E-state index is 0.158. The van der Waals surface area contributed by atoms with Crippen molar-refractivity contribution in [3.8, 4) is 0 Å². The van der Waals surface area contributed by atoms with Crippen molar-refractivity contribution < 1.29 is 13.6 Å². The fourth-order valence-corrected chi connectivity index (χ4v) is 1.76. The molecule has 0 bridgehead atoms. The van der Waals surface area contributed by atoms with Crippen LogP contribution in [0.1, 0.15) is 30.1 Å². The number of amides is 1. The van der Waals surface area contributed by atoms with E-state index in [4.69, 9.17) is 23.2 Å². The predicted molar refractivity (Wildman–Crippen MR) is 68.3 cm³/mol. The lowest BCUT2D eigenvalue weighted by Crippen LogP contribution is -2.33. The molecule has 0 radical (unpaired) electrons.